The van der Waals surface area contributed by atoms with Crippen LogP contribution in [0.25, 0.3) is 0 Å². The number of carbonyl (C=O) groups excluding carboxylic acids is 1. The molecule has 1 N–H and O–H groups in total. The zero-order chi connectivity index (χ0) is 18.2. The van der Waals surface area contributed by atoms with Crippen molar-refractivity contribution < 1.29 is 14.3 Å². The summed E-state index contributed by atoms with van der Waals surface area (Å²) < 4.78 is 10.5. The molecule has 0 radical (unpaired) electrons. The van der Waals surface area contributed by atoms with E-state index in [0.717, 1.165) is 17.5 Å². The first kappa shape index (κ1) is 18.8. The summed E-state index contributed by atoms with van der Waals surface area (Å²) >= 11 is 0. The Balaban J connectivity index is 1.89. The molecule has 0 unspecified atom stereocenters. The molecule has 0 aliphatic carbocycles. The highest BCUT2D eigenvalue weighted by molar-refractivity contribution is 5.76. The van der Waals surface area contributed by atoms with Gasteiger partial charge in [0, 0.05) is 6.42 Å². The summed E-state index contributed by atoms with van der Waals surface area (Å²) in [6.45, 7) is 4.14. The first-order valence-corrected chi connectivity index (χ1v) is 8.66. The SMILES string of the molecule is CCc1ccc([C@H](C)NC(=O)CCc2ccc(OC)c(OC)c2)cc1. The molecule has 134 valence electrons. The van der Waals surface area contributed by atoms with Crippen molar-refractivity contribution in [3.63, 3.8) is 0 Å². The second kappa shape index (κ2) is 9.11. The molecule has 0 fully saturated rings. The van der Waals surface area contributed by atoms with Crippen LogP contribution < -0.4 is 14.8 Å². The molecule has 1 amide bonds. The van der Waals surface area contributed by atoms with Crippen molar-refractivity contribution >= 4 is 5.91 Å². The quantitative estimate of drug-likeness (QED) is 0.787. The number of carbonyl (C=O) groups is 1. The lowest BCUT2D eigenvalue weighted by Crippen LogP contribution is -2.26. The molecule has 1 atom stereocenters. The van der Waals surface area contributed by atoms with E-state index in [2.05, 4.69) is 36.5 Å². The van der Waals surface area contributed by atoms with Gasteiger partial charge in [0.2, 0.25) is 5.91 Å². The Kier molecular flexibility index (Phi) is 6.87. The van der Waals surface area contributed by atoms with E-state index in [1.165, 1.54) is 5.56 Å². The van der Waals surface area contributed by atoms with Crippen molar-refractivity contribution in [3.8, 4) is 11.5 Å². The summed E-state index contributed by atoms with van der Waals surface area (Å²) in [6, 6.07) is 14.1. The van der Waals surface area contributed by atoms with E-state index >= 15 is 0 Å². The fourth-order valence-electron chi connectivity index (χ4n) is 2.73. The number of methoxy groups -OCH3 is 2. The number of amides is 1. The molecule has 0 aliphatic rings. The monoisotopic (exact) mass is 341 g/mol. The van der Waals surface area contributed by atoms with Gasteiger partial charge in [-0.05, 0) is 48.6 Å². The summed E-state index contributed by atoms with van der Waals surface area (Å²) in [5.41, 5.74) is 3.47. The van der Waals surface area contributed by atoms with E-state index in [1.54, 1.807) is 14.2 Å². The zero-order valence-electron chi connectivity index (χ0n) is 15.5. The second-order valence-electron chi connectivity index (χ2n) is 6.07. The maximum absolute atomic E-state index is 12.2. The first-order chi connectivity index (χ1) is 12.1. The average Bonchev–Trinajstić information content (AvgIpc) is 2.66. The van der Waals surface area contributed by atoms with Crippen LogP contribution in [-0.2, 0) is 17.6 Å². The molecule has 0 saturated carbocycles. The number of benzene rings is 2. The number of nitrogens with one attached hydrogen (secondary N) is 1. The number of rotatable bonds is 8. The second-order valence-corrected chi connectivity index (χ2v) is 6.07. The van der Waals surface area contributed by atoms with Crippen LogP contribution in [0.15, 0.2) is 42.5 Å². The van der Waals surface area contributed by atoms with E-state index in [0.29, 0.717) is 24.3 Å². The van der Waals surface area contributed by atoms with Crippen LogP contribution in [0.2, 0.25) is 0 Å². The topological polar surface area (TPSA) is 47.6 Å². The van der Waals surface area contributed by atoms with Gasteiger partial charge in [-0.2, -0.15) is 0 Å². The zero-order valence-corrected chi connectivity index (χ0v) is 15.5. The summed E-state index contributed by atoms with van der Waals surface area (Å²) in [4.78, 5) is 12.2. The maximum Gasteiger partial charge on any atom is 0.220 e. The van der Waals surface area contributed by atoms with Gasteiger partial charge in [-0.3, -0.25) is 4.79 Å². The van der Waals surface area contributed by atoms with Gasteiger partial charge in [-0.15, -0.1) is 0 Å². The fraction of sp³-hybridized carbons (Fsp3) is 0.381. The van der Waals surface area contributed by atoms with Crippen molar-refractivity contribution in [2.45, 2.75) is 39.2 Å². The minimum Gasteiger partial charge on any atom is -0.493 e. The third-order valence-corrected chi connectivity index (χ3v) is 4.35. The summed E-state index contributed by atoms with van der Waals surface area (Å²) in [6.07, 6.45) is 2.12. The number of aryl methyl sites for hydroxylation is 2. The summed E-state index contributed by atoms with van der Waals surface area (Å²) in [7, 11) is 3.22. The Hall–Kier alpha value is -2.49. The molecular weight excluding hydrogens is 314 g/mol. The van der Waals surface area contributed by atoms with Gasteiger partial charge in [-0.25, -0.2) is 0 Å². The van der Waals surface area contributed by atoms with E-state index in [9.17, 15) is 4.79 Å². The van der Waals surface area contributed by atoms with E-state index in [-0.39, 0.29) is 11.9 Å². The molecule has 0 aliphatic heterocycles. The molecule has 0 saturated heterocycles. The van der Waals surface area contributed by atoms with Crippen molar-refractivity contribution in [3.05, 3.63) is 59.2 Å². The third kappa shape index (κ3) is 5.24. The standard InChI is InChI=1S/C21H27NO3/c1-5-16-6-10-18(11-7-16)15(2)22-21(23)13-9-17-8-12-19(24-3)20(14-17)25-4/h6-8,10-12,14-15H,5,9,13H2,1-4H3,(H,22,23)/t15-/m0/s1. The Labute approximate surface area is 150 Å². The van der Waals surface area contributed by atoms with E-state index in [4.69, 9.17) is 9.47 Å². The number of hydrogen-bond donors (Lipinski definition) is 1. The summed E-state index contributed by atoms with van der Waals surface area (Å²) in [5.74, 6) is 1.42. The first-order valence-electron chi connectivity index (χ1n) is 8.66. The predicted octanol–water partition coefficient (Wildman–Crippen LogP) is 4.08. The molecule has 0 heterocycles. The third-order valence-electron chi connectivity index (χ3n) is 4.35. The van der Waals surface area contributed by atoms with Crippen LogP contribution in [0, 0.1) is 0 Å². The smallest absolute Gasteiger partial charge is 0.220 e. The van der Waals surface area contributed by atoms with Gasteiger partial charge < -0.3 is 14.8 Å². The molecule has 2 aromatic carbocycles. The van der Waals surface area contributed by atoms with Crippen LogP contribution in [0.1, 0.15) is 43.0 Å². The van der Waals surface area contributed by atoms with Gasteiger partial charge in [0.15, 0.2) is 11.5 Å². The highest BCUT2D eigenvalue weighted by Gasteiger charge is 2.11. The predicted molar refractivity (Wildman–Crippen MR) is 100 cm³/mol. The molecule has 0 aromatic heterocycles. The average molecular weight is 341 g/mol. The normalized spacial score (nSPS) is 11.7. The van der Waals surface area contributed by atoms with Crippen LogP contribution in [0.4, 0.5) is 0 Å². The lowest BCUT2D eigenvalue weighted by atomic mass is 10.0. The van der Waals surface area contributed by atoms with Crippen LogP contribution >= 0.6 is 0 Å². The van der Waals surface area contributed by atoms with Gasteiger partial charge in [-0.1, -0.05) is 37.3 Å². The number of hydrogen-bond acceptors (Lipinski definition) is 3. The van der Waals surface area contributed by atoms with Gasteiger partial charge in [0.1, 0.15) is 0 Å². The van der Waals surface area contributed by atoms with E-state index < -0.39 is 0 Å². The fourth-order valence-corrected chi connectivity index (χ4v) is 2.73. The highest BCUT2D eigenvalue weighted by Crippen LogP contribution is 2.28. The van der Waals surface area contributed by atoms with Crippen molar-refractivity contribution in [1.82, 2.24) is 5.32 Å². The Bertz CT molecular complexity index is 695. The van der Waals surface area contributed by atoms with Crippen molar-refractivity contribution in [2.75, 3.05) is 14.2 Å². The summed E-state index contributed by atoms with van der Waals surface area (Å²) in [5, 5.41) is 3.06. The molecule has 2 aromatic rings. The number of ether oxygens (including phenoxy) is 2. The van der Waals surface area contributed by atoms with Crippen molar-refractivity contribution in [2.24, 2.45) is 0 Å². The van der Waals surface area contributed by atoms with Crippen LogP contribution in [0.5, 0.6) is 11.5 Å². The van der Waals surface area contributed by atoms with Gasteiger partial charge in [0.05, 0.1) is 20.3 Å². The molecule has 4 nitrogen and oxygen atoms in total. The molecule has 0 spiro atoms. The lowest BCUT2D eigenvalue weighted by molar-refractivity contribution is -0.121. The van der Waals surface area contributed by atoms with Crippen LogP contribution in [0.3, 0.4) is 0 Å². The largest absolute Gasteiger partial charge is 0.493 e. The molecule has 25 heavy (non-hydrogen) atoms. The Morgan fingerprint density at radius 2 is 1.64 bits per heavy atom. The maximum atomic E-state index is 12.2. The lowest BCUT2D eigenvalue weighted by Gasteiger charge is -2.15. The van der Waals surface area contributed by atoms with Crippen LogP contribution in [-0.4, -0.2) is 20.1 Å². The van der Waals surface area contributed by atoms with E-state index in [1.807, 2.05) is 25.1 Å². The molecule has 2 rings (SSSR count). The Morgan fingerprint density at radius 3 is 2.24 bits per heavy atom. The van der Waals surface area contributed by atoms with Crippen molar-refractivity contribution in [1.29, 1.82) is 0 Å². The molecule has 0 bridgehead atoms. The molecular formula is C21H27NO3. The minimum atomic E-state index is 0.00353. The van der Waals surface area contributed by atoms with Gasteiger partial charge in [0.25, 0.3) is 0 Å². The Morgan fingerprint density at radius 1 is 1.00 bits per heavy atom. The molecule has 4 heteroatoms. The van der Waals surface area contributed by atoms with Gasteiger partial charge >= 0.3 is 0 Å². The highest BCUT2D eigenvalue weighted by atomic mass is 16.5. The minimum absolute atomic E-state index is 0.00353.